The first-order valence-electron chi connectivity index (χ1n) is 6.67. The van der Waals surface area contributed by atoms with E-state index in [4.69, 9.17) is 11.6 Å². The number of aromatic nitrogens is 4. The van der Waals surface area contributed by atoms with E-state index in [1.165, 1.54) is 0 Å². The Bertz CT molecular complexity index is 637. The highest BCUT2D eigenvalue weighted by molar-refractivity contribution is 9.10. The molecule has 0 aliphatic carbocycles. The number of amides is 1. The minimum absolute atomic E-state index is 0.0408. The second-order valence-electron chi connectivity index (χ2n) is 4.58. The summed E-state index contributed by atoms with van der Waals surface area (Å²) in [6.45, 7) is 5.58. The molecule has 8 heteroatoms. The summed E-state index contributed by atoms with van der Waals surface area (Å²) in [5.74, 6) is -0.0408. The first-order valence-corrected chi connectivity index (χ1v) is 7.84. The van der Waals surface area contributed by atoms with Gasteiger partial charge in [0.15, 0.2) is 0 Å². The van der Waals surface area contributed by atoms with Crippen LogP contribution in [0.1, 0.15) is 24.7 Å². The van der Waals surface area contributed by atoms with Crippen molar-refractivity contribution >= 4 is 33.4 Å². The molecule has 1 N–H and O–H groups in total. The number of aryl methyl sites for hydroxylation is 2. The van der Waals surface area contributed by atoms with Crippen molar-refractivity contribution in [3.63, 3.8) is 0 Å². The Balaban J connectivity index is 1.85. The molecule has 0 saturated heterocycles. The van der Waals surface area contributed by atoms with Gasteiger partial charge in [-0.15, -0.1) is 0 Å². The molecule has 2 rings (SSSR count). The first-order chi connectivity index (χ1) is 10.0. The van der Waals surface area contributed by atoms with Crippen LogP contribution in [0, 0.1) is 6.92 Å². The number of nitrogens with one attached hydrogen (secondary N) is 1. The number of carbonyl (C=O) groups excluding carboxylic acids is 1. The SMILES string of the molecule is CCn1ncc(Cl)c1CNC(=O)CCn1ncc(Br)c1C. The van der Waals surface area contributed by atoms with E-state index in [-0.39, 0.29) is 5.91 Å². The minimum Gasteiger partial charge on any atom is -0.350 e. The predicted molar refractivity (Wildman–Crippen MR) is 84.0 cm³/mol. The molecule has 21 heavy (non-hydrogen) atoms. The molecule has 0 spiro atoms. The Kier molecular flexibility index (Phi) is 5.41. The van der Waals surface area contributed by atoms with Gasteiger partial charge >= 0.3 is 0 Å². The molecule has 0 aliphatic heterocycles. The highest BCUT2D eigenvalue weighted by Gasteiger charge is 2.10. The zero-order valence-corrected chi connectivity index (χ0v) is 14.3. The monoisotopic (exact) mass is 373 g/mol. The molecule has 6 nitrogen and oxygen atoms in total. The van der Waals surface area contributed by atoms with Crippen LogP contribution in [-0.4, -0.2) is 25.5 Å². The molecule has 2 aromatic heterocycles. The van der Waals surface area contributed by atoms with Crippen molar-refractivity contribution < 1.29 is 4.79 Å². The van der Waals surface area contributed by atoms with Crippen LogP contribution in [0.5, 0.6) is 0 Å². The first kappa shape index (κ1) is 16.0. The second kappa shape index (κ2) is 7.09. The summed E-state index contributed by atoms with van der Waals surface area (Å²) < 4.78 is 4.52. The van der Waals surface area contributed by atoms with E-state index in [1.54, 1.807) is 21.8 Å². The molecule has 0 aliphatic rings. The summed E-state index contributed by atoms with van der Waals surface area (Å²) in [5, 5.41) is 11.8. The van der Waals surface area contributed by atoms with Crippen LogP contribution in [0.2, 0.25) is 5.02 Å². The van der Waals surface area contributed by atoms with Crippen molar-refractivity contribution in [3.8, 4) is 0 Å². The van der Waals surface area contributed by atoms with E-state index < -0.39 is 0 Å². The maximum Gasteiger partial charge on any atom is 0.222 e. The van der Waals surface area contributed by atoms with Gasteiger partial charge in [-0.25, -0.2) is 0 Å². The third-order valence-electron chi connectivity index (χ3n) is 3.24. The Morgan fingerprint density at radius 1 is 1.38 bits per heavy atom. The van der Waals surface area contributed by atoms with Crippen LogP contribution in [0.4, 0.5) is 0 Å². The largest absolute Gasteiger partial charge is 0.350 e. The molecular weight excluding hydrogens is 358 g/mol. The van der Waals surface area contributed by atoms with Crippen molar-refractivity contribution in [1.29, 1.82) is 0 Å². The molecule has 2 aromatic rings. The molecule has 2 heterocycles. The fourth-order valence-corrected chi connectivity index (χ4v) is 2.47. The van der Waals surface area contributed by atoms with Gasteiger partial charge in [0.1, 0.15) is 0 Å². The van der Waals surface area contributed by atoms with Gasteiger partial charge < -0.3 is 5.32 Å². The van der Waals surface area contributed by atoms with E-state index >= 15 is 0 Å². The summed E-state index contributed by atoms with van der Waals surface area (Å²) in [6.07, 6.45) is 3.69. The van der Waals surface area contributed by atoms with Crippen molar-refractivity contribution in [2.75, 3.05) is 0 Å². The van der Waals surface area contributed by atoms with Gasteiger partial charge in [0.2, 0.25) is 5.91 Å². The number of hydrogen-bond donors (Lipinski definition) is 1. The molecule has 0 fully saturated rings. The third kappa shape index (κ3) is 3.85. The van der Waals surface area contributed by atoms with Crippen molar-refractivity contribution in [3.05, 3.63) is 33.3 Å². The normalized spacial score (nSPS) is 10.9. The van der Waals surface area contributed by atoms with E-state index in [1.807, 2.05) is 13.8 Å². The number of nitrogens with zero attached hydrogens (tertiary/aromatic N) is 4. The number of halogens is 2. The molecule has 0 unspecified atom stereocenters. The number of carbonyl (C=O) groups is 1. The van der Waals surface area contributed by atoms with Crippen LogP contribution in [0.15, 0.2) is 16.9 Å². The highest BCUT2D eigenvalue weighted by Crippen LogP contribution is 2.15. The van der Waals surface area contributed by atoms with Crippen LogP contribution in [0.3, 0.4) is 0 Å². The lowest BCUT2D eigenvalue weighted by Crippen LogP contribution is -2.25. The summed E-state index contributed by atoms with van der Waals surface area (Å²) in [5.41, 5.74) is 1.83. The second-order valence-corrected chi connectivity index (χ2v) is 5.84. The highest BCUT2D eigenvalue weighted by atomic mass is 79.9. The van der Waals surface area contributed by atoms with E-state index in [9.17, 15) is 4.79 Å². The van der Waals surface area contributed by atoms with Gasteiger partial charge in [0.25, 0.3) is 0 Å². The zero-order valence-electron chi connectivity index (χ0n) is 11.9. The van der Waals surface area contributed by atoms with Crippen LogP contribution in [0.25, 0.3) is 0 Å². The molecule has 0 atom stereocenters. The molecule has 0 radical (unpaired) electrons. The van der Waals surface area contributed by atoms with Gasteiger partial charge in [-0.05, 0) is 29.8 Å². The lowest BCUT2D eigenvalue weighted by molar-refractivity contribution is -0.121. The average molecular weight is 375 g/mol. The summed E-state index contributed by atoms with van der Waals surface area (Å²) in [6, 6.07) is 0. The van der Waals surface area contributed by atoms with Gasteiger partial charge in [-0.3, -0.25) is 14.2 Å². The Labute approximate surface area is 136 Å². The molecular formula is C13H17BrClN5O. The predicted octanol–water partition coefficient (Wildman–Crippen LogP) is 2.53. The molecule has 0 saturated carbocycles. The quantitative estimate of drug-likeness (QED) is 0.845. The fourth-order valence-electron chi connectivity index (χ4n) is 1.96. The topological polar surface area (TPSA) is 64.7 Å². The Morgan fingerprint density at radius 3 is 2.71 bits per heavy atom. The molecule has 1 amide bonds. The third-order valence-corrected chi connectivity index (χ3v) is 4.34. The maximum atomic E-state index is 11.9. The van der Waals surface area contributed by atoms with E-state index in [0.29, 0.717) is 24.5 Å². The van der Waals surface area contributed by atoms with Crippen LogP contribution < -0.4 is 5.32 Å². The summed E-state index contributed by atoms with van der Waals surface area (Å²) in [4.78, 5) is 11.9. The standard InChI is InChI=1S/C13H17BrClN5O/c1-3-19-12(11(15)7-18-19)8-16-13(21)4-5-20-9(2)10(14)6-17-20/h6-7H,3-5,8H2,1-2H3,(H,16,21). The van der Waals surface area contributed by atoms with E-state index in [2.05, 4.69) is 31.4 Å². The van der Waals surface area contributed by atoms with Gasteiger partial charge in [0, 0.05) is 25.2 Å². The molecule has 114 valence electrons. The Morgan fingerprint density at radius 2 is 2.10 bits per heavy atom. The maximum absolute atomic E-state index is 11.9. The van der Waals surface area contributed by atoms with E-state index in [0.717, 1.165) is 22.4 Å². The number of hydrogen-bond acceptors (Lipinski definition) is 3. The van der Waals surface area contributed by atoms with Crippen molar-refractivity contribution in [2.45, 2.75) is 39.9 Å². The fraction of sp³-hybridized carbons (Fsp3) is 0.462. The van der Waals surface area contributed by atoms with Gasteiger partial charge in [-0.2, -0.15) is 10.2 Å². The molecule has 0 aromatic carbocycles. The summed E-state index contributed by atoms with van der Waals surface area (Å²) in [7, 11) is 0. The Hall–Kier alpha value is -1.34. The number of rotatable bonds is 6. The lowest BCUT2D eigenvalue weighted by Gasteiger charge is -2.08. The van der Waals surface area contributed by atoms with Gasteiger partial charge in [-0.1, -0.05) is 11.6 Å². The van der Waals surface area contributed by atoms with Crippen LogP contribution >= 0.6 is 27.5 Å². The minimum atomic E-state index is -0.0408. The van der Waals surface area contributed by atoms with Crippen molar-refractivity contribution in [1.82, 2.24) is 24.9 Å². The zero-order chi connectivity index (χ0) is 15.4. The van der Waals surface area contributed by atoms with Gasteiger partial charge in [0.05, 0.1) is 34.1 Å². The van der Waals surface area contributed by atoms with Crippen LogP contribution in [-0.2, 0) is 24.4 Å². The average Bonchev–Trinajstić information content (AvgIpc) is 2.98. The lowest BCUT2D eigenvalue weighted by atomic mass is 10.3. The van der Waals surface area contributed by atoms with Crippen molar-refractivity contribution in [2.24, 2.45) is 0 Å². The smallest absolute Gasteiger partial charge is 0.222 e. The summed E-state index contributed by atoms with van der Waals surface area (Å²) >= 11 is 9.45. The molecule has 0 bridgehead atoms.